The molecule has 1 heterocycles. The number of hydrogen-bond acceptors (Lipinski definition) is 6. The maximum Gasteiger partial charge on any atom is 0.325 e. The summed E-state index contributed by atoms with van der Waals surface area (Å²) in [7, 11) is 0. The van der Waals surface area contributed by atoms with Crippen LogP contribution >= 0.6 is 0 Å². The number of nitrogens with zero attached hydrogens (tertiary/aromatic N) is 2. The fourth-order valence-corrected chi connectivity index (χ4v) is 2.57. The molecular formula is C17H20N4O6. The Hall–Kier alpha value is -3.43. The molecule has 1 fully saturated rings. The Balaban J connectivity index is 2.13. The summed E-state index contributed by atoms with van der Waals surface area (Å²) in [4.78, 5) is 61.3. The van der Waals surface area contributed by atoms with Crippen LogP contribution in [0.25, 0.3) is 0 Å². The van der Waals surface area contributed by atoms with Crippen LogP contribution in [0.5, 0.6) is 0 Å². The van der Waals surface area contributed by atoms with E-state index in [2.05, 4.69) is 15.4 Å². The number of ether oxygens (including phenoxy) is 1. The van der Waals surface area contributed by atoms with Gasteiger partial charge in [-0.3, -0.25) is 24.1 Å². The van der Waals surface area contributed by atoms with Gasteiger partial charge in [-0.25, -0.2) is 4.79 Å². The molecule has 10 heteroatoms. The lowest BCUT2D eigenvalue weighted by Crippen LogP contribution is -2.59. The molecule has 0 saturated carbocycles. The van der Waals surface area contributed by atoms with E-state index in [1.165, 1.54) is 4.90 Å². The Morgan fingerprint density at radius 2 is 1.89 bits per heavy atom. The van der Waals surface area contributed by atoms with Gasteiger partial charge < -0.3 is 20.3 Å². The Kier molecular flexibility index (Phi) is 6.86. The van der Waals surface area contributed by atoms with Crippen molar-refractivity contribution in [1.29, 1.82) is 0 Å². The van der Waals surface area contributed by atoms with Gasteiger partial charge in [0.2, 0.25) is 5.91 Å². The van der Waals surface area contributed by atoms with E-state index in [1.54, 1.807) is 37.3 Å². The number of rotatable bonds is 7. The first kappa shape index (κ1) is 19.9. The van der Waals surface area contributed by atoms with Crippen LogP contribution in [0.15, 0.2) is 30.3 Å². The van der Waals surface area contributed by atoms with Crippen LogP contribution in [0.4, 0.5) is 4.79 Å². The number of hydrogen-bond donors (Lipinski definition) is 2. The van der Waals surface area contributed by atoms with Crippen molar-refractivity contribution in [3.8, 4) is 0 Å². The number of urea groups is 1. The van der Waals surface area contributed by atoms with Gasteiger partial charge >= 0.3 is 17.8 Å². The van der Waals surface area contributed by atoms with Crippen LogP contribution in [0.2, 0.25) is 0 Å². The Bertz CT molecular complexity index is 723. The Morgan fingerprint density at radius 3 is 2.52 bits per heavy atom. The standard InChI is InChI=1S/C17H20N4O6/c1-2-20-8-9-21(16(25)15(20)24)17(26)19-13(12-6-4-3-5-7-12)14(23)18-10-27-11-22/h3-7,11,13H,2,8-10H2,1H3,(H,18,23)(H,19,26). The number of benzene rings is 1. The van der Waals surface area contributed by atoms with Crippen molar-refractivity contribution in [3.05, 3.63) is 35.9 Å². The predicted molar refractivity (Wildman–Crippen MR) is 91.8 cm³/mol. The van der Waals surface area contributed by atoms with Gasteiger partial charge in [0.25, 0.3) is 6.47 Å². The number of amides is 5. The normalized spacial score (nSPS) is 15.1. The highest BCUT2D eigenvalue weighted by atomic mass is 16.5. The molecule has 5 amide bonds. The minimum Gasteiger partial charge on any atom is -0.447 e. The molecule has 0 aromatic heterocycles. The van der Waals surface area contributed by atoms with Crippen molar-refractivity contribution in [2.24, 2.45) is 0 Å². The first-order valence-corrected chi connectivity index (χ1v) is 8.28. The van der Waals surface area contributed by atoms with Gasteiger partial charge in [0, 0.05) is 19.6 Å². The molecule has 0 spiro atoms. The SMILES string of the molecule is CCN1CCN(C(=O)NC(C(=O)NCOC=O)c2ccccc2)C(=O)C1=O. The highest BCUT2D eigenvalue weighted by Crippen LogP contribution is 2.14. The highest BCUT2D eigenvalue weighted by Gasteiger charge is 2.36. The van der Waals surface area contributed by atoms with Gasteiger partial charge in [-0.2, -0.15) is 0 Å². The first-order valence-electron chi connectivity index (χ1n) is 8.28. The van der Waals surface area contributed by atoms with Crippen LogP contribution < -0.4 is 10.6 Å². The van der Waals surface area contributed by atoms with Crippen molar-refractivity contribution in [2.45, 2.75) is 13.0 Å². The molecule has 1 aromatic rings. The zero-order valence-electron chi connectivity index (χ0n) is 14.7. The number of carbonyl (C=O) groups excluding carboxylic acids is 5. The van der Waals surface area contributed by atoms with Crippen LogP contribution in [0, 0.1) is 0 Å². The molecule has 0 radical (unpaired) electrons. The zero-order valence-corrected chi connectivity index (χ0v) is 14.7. The monoisotopic (exact) mass is 376 g/mol. The average molecular weight is 376 g/mol. The smallest absolute Gasteiger partial charge is 0.325 e. The van der Waals surface area contributed by atoms with E-state index in [1.807, 2.05) is 0 Å². The molecule has 27 heavy (non-hydrogen) atoms. The molecule has 1 aliphatic rings. The third-order valence-corrected chi connectivity index (χ3v) is 4.00. The van der Waals surface area contributed by atoms with Gasteiger partial charge in [-0.05, 0) is 12.5 Å². The van der Waals surface area contributed by atoms with E-state index in [4.69, 9.17) is 0 Å². The highest BCUT2D eigenvalue weighted by molar-refractivity contribution is 6.38. The molecule has 10 nitrogen and oxygen atoms in total. The first-order chi connectivity index (χ1) is 13.0. The molecule has 144 valence electrons. The van der Waals surface area contributed by atoms with E-state index in [0.29, 0.717) is 12.1 Å². The molecule has 0 bridgehead atoms. The van der Waals surface area contributed by atoms with Gasteiger partial charge in [0.05, 0.1) is 0 Å². The van der Waals surface area contributed by atoms with E-state index < -0.39 is 29.8 Å². The molecule has 1 atom stereocenters. The summed E-state index contributed by atoms with van der Waals surface area (Å²) in [6.07, 6.45) is 0. The molecule has 0 aliphatic carbocycles. The minimum absolute atomic E-state index is 0.0294. The second kappa shape index (κ2) is 9.32. The molecule has 2 rings (SSSR count). The summed E-state index contributed by atoms with van der Waals surface area (Å²) in [5.41, 5.74) is 0.459. The summed E-state index contributed by atoms with van der Waals surface area (Å²) in [5.74, 6) is -2.35. The lowest BCUT2D eigenvalue weighted by molar-refractivity contribution is -0.153. The summed E-state index contributed by atoms with van der Waals surface area (Å²) in [6.45, 7) is 2.16. The van der Waals surface area contributed by atoms with Gasteiger partial charge in [0.15, 0.2) is 6.73 Å². The number of imide groups is 1. The topological polar surface area (TPSA) is 125 Å². The van der Waals surface area contributed by atoms with Gasteiger partial charge in [-0.15, -0.1) is 0 Å². The number of piperazine rings is 1. The van der Waals surface area contributed by atoms with Crippen molar-refractivity contribution in [1.82, 2.24) is 20.4 Å². The molecule has 2 N–H and O–H groups in total. The van der Waals surface area contributed by atoms with E-state index >= 15 is 0 Å². The second-order valence-electron chi connectivity index (χ2n) is 5.58. The van der Waals surface area contributed by atoms with Crippen molar-refractivity contribution >= 4 is 30.2 Å². The number of likely N-dealkylation sites (N-methyl/N-ethyl adjacent to an activating group) is 1. The van der Waals surface area contributed by atoms with Crippen molar-refractivity contribution < 1.29 is 28.7 Å². The Labute approximate surface area is 155 Å². The summed E-state index contributed by atoms with van der Waals surface area (Å²) >= 11 is 0. The van der Waals surface area contributed by atoms with Crippen LogP contribution in [0.3, 0.4) is 0 Å². The fraction of sp³-hybridized carbons (Fsp3) is 0.353. The van der Waals surface area contributed by atoms with Gasteiger partial charge in [0.1, 0.15) is 6.04 Å². The van der Waals surface area contributed by atoms with E-state index in [-0.39, 0.29) is 26.3 Å². The number of carbonyl (C=O) groups is 5. The molecular weight excluding hydrogens is 356 g/mol. The molecule has 1 aliphatic heterocycles. The molecule has 1 aromatic carbocycles. The summed E-state index contributed by atoms with van der Waals surface area (Å²) in [6, 6.07) is 6.34. The summed E-state index contributed by atoms with van der Waals surface area (Å²) < 4.78 is 4.43. The van der Waals surface area contributed by atoms with Crippen LogP contribution in [0.1, 0.15) is 18.5 Å². The molecule has 1 saturated heterocycles. The maximum absolute atomic E-state index is 12.5. The van der Waals surface area contributed by atoms with Gasteiger partial charge in [-0.1, -0.05) is 30.3 Å². The summed E-state index contributed by atoms with van der Waals surface area (Å²) in [5, 5.41) is 4.79. The predicted octanol–water partition coefficient (Wildman–Crippen LogP) is -0.625. The third kappa shape index (κ3) is 4.81. The van der Waals surface area contributed by atoms with Crippen molar-refractivity contribution in [2.75, 3.05) is 26.4 Å². The maximum atomic E-state index is 12.5. The lowest BCUT2D eigenvalue weighted by atomic mass is 10.1. The largest absolute Gasteiger partial charge is 0.447 e. The van der Waals surface area contributed by atoms with E-state index in [0.717, 1.165) is 4.90 Å². The third-order valence-electron chi connectivity index (χ3n) is 4.00. The van der Waals surface area contributed by atoms with Crippen LogP contribution in [-0.2, 0) is 23.9 Å². The van der Waals surface area contributed by atoms with Crippen molar-refractivity contribution in [3.63, 3.8) is 0 Å². The minimum atomic E-state index is -1.14. The average Bonchev–Trinajstić information content (AvgIpc) is 2.68. The Morgan fingerprint density at radius 1 is 1.19 bits per heavy atom. The fourth-order valence-electron chi connectivity index (χ4n) is 2.57. The molecule has 1 unspecified atom stereocenters. The lowest BCUT2D eigenvalue weighted by Gasteiger charge is -2.32. The zero-order chi connectivity index (χ0) is 19.8. The quantitative estimate of drug-likeness (QED) is 0.283. The van der Waals surface area contributed by atoms with Crippen LogP contribution in [-0.4, -0.2) is 66.4 Å². The number of nitrogens with one attached hydrogen (secondary N) is 2. The van der Waals surface area contributed by atoms with E-state index in [9.17, 15) is 24.0 Å². The second-order valence-corrected chi connectivity index (χ2v) is 5.58.